The van der Waals surface area contributed by atoms with Crippen LogP contribution in [0.25, 0.3) is 10.9 Å². The third-order valence-corrected chi connectivity index (χ3v) is 4.53. The normalized spacial score (nSPS) is 10.9. The number of carbonyl (C=O) groups is 1. The molecule has 0 fully saturated rings. The first-order chi connectivity index (χ1) is 14.5. The van der Waals surface area contributed by atoms with E-state index >= 15 is 4.39 Å². The van der Waals surface area contributed by atoms with Crippen LogP contribution >= 0.6 is 0 Å². The van der Waals surface area contributed by atoms with Gasteiger partial charge in [0, 0.05) is 29.9 Å². The van der Waals surface area contributed by atoms with Crippen molar-refractivity contribution in [1.29, 1.82) is 0 Å². The molecule has 0 bridgehead atoms. The fourth-order valence-corrected chi connectivity index (χ4v) is 3.15. The molecule has 0 saturated carbocycles. The van der Waals surface area contributed by atoms with Gasteiger partial charge in [-0.1, -0.05) is 12.1 Å². The minimum absolute atomic E-state index is 0.0217. The summed E-state index contributed by atoms with van der Waals surface area (Å²) >= 11 is 0. The third kappa shape index (κ3) is 3.99. The summed E-state index contributed by atoms with van der Waals surface area (Å²) in [7, 11) is 1.80. The lowest BCUT2D eigenvalue weighted by Gasteiger charge is -2.10. The quantitative estimate of drug-likeness (QED) is 0.512. The Balaban J connectivity index is 1.60. The number of carbonyl (C=O) groups excluding carboxylic acids is 1. The zero-order valence-corrected chi connectivity index (χ0v) is 16.5. The number of benzene rings is 2. The van der Waals surface area contributed by atoms with E-state index in [4.69, 9.17) is 4.74 Å². The van der Waals surface area contributed by atoms with E-state index in [2.05, 4.69) is 20.6 Å². The highest BCUT2D eigenvalue weighted by Crippen LogP contribution is 2.30. The van der Waals surface area contributed by atoms with Crippen LogP contribution in [0.3, 0.4) is 0 Å². The molecule has 7 nitrogen and oxygen atoms in total. The Morgan fingerprint density at radius 1 is 1.17 bits per heavy atom. The first-order valence-corrected chi connectivity index (χ1v) is 9.36. The number of hydrogen-bond acceptors (Lipinski definition) is 5. The maximum atomic E-state index is 15.0. The van der Waals surface area contributed by atoms with Gasteiger partial charge >= 0.3 is 6.03 Å². The van der Waals surface area contributed by atoms with E-state index < -0.39 is 5.82 Å². The number of aryl methyl sites for hydroxylation is 1. The minimum atomic E-state index is -0.566. The number of amides is 1. The van der Waals surface area contributed by atoms with E-state index in [0.717, 1.165) is 11.3 Å². The Morgan fingerprint density at radius 2 is 2.03 bits per heavy atom. The molecule has 2 N–H and O–H groups in total. The van der Waals surface area contributed by atoms with Crippen LogP contribution in [0.5, 0.6) is 11.6 Å². The second kappa shape index (κ2) is 8.30. The smallest absolute Gasteiger partial charge is 0.330 e. The number of aromatic nitrogens is 3. The van der Waals surface area contributed by atoms with Crippen LogP contribution in [-0.2, 0) is 6.54 Å². The lowest BCUT2D eigenvalue weighted by Crippen LogP contribution is -2.18. The molecule has 8 heteroatoms. The third-order valence-electron chi connectivity index (χ3n) is 4.53. The molecule has 30 heavy (non-hydrogen) atoms. The van der Waals surface area contributed by atoms with Crippen molar-refractivity contribution in [3.8, 4) is 11.6 Å². The van der Waals surface area contributed by atoms with E-state index in [1.807, 2.05) is 25.1 Å². The Morgan fingerprint density at radius 3 is 2.83 bits per heavy atom. The molecule has 2 aromatic carbocycles. The van der Waals surface area contributed by atoms with Gasteiger partial charge in [0.15, 0.2) is 11.6 Å². The molecule has 4 rings (SSSR count). The first-order valence-electron chi connectivity index (χ1n) is 9.36. The summed E-state index contributed by atoms with van der Waals surface area (Å²) in [5.74, 6) is -0.304. The van der Waals surface area contributed by atoms with Crippen molar-refractivity contribution < 1.29 is 13.9 Å². The molecule has 0 aliphatic carbocycles. The van der Waals surface area contributed by atoms with Gasteiger partial charge in [-0.3, -0.25) is 4.57 Å². The SMILES string of the molecule is CNCc1cc(Oc2ccc3c(ccn3C(=O)Nc3cccc(C)c3)c2F)ncn1. The summed E-state index contributed by atoms with van der Waals surface area (Å²) in [6.07, 6.45) is 2.89. The molecular weight excluding hydrogens is 385 g/mol. The predicted octanol–water partition coefficient (Wildman–Crippen LogP) is 4.47. The van der Waals surface area contributed by atoms with Crippen molar-refractivity contribution in [3.05, 3.63) is 78.1 Å². The van der Waals surface area contributed by atoms with Crippen LogP contribution in [0.4, 0.5) is 14.9 Å². The lowest BCUT2D eigenvalue weighted by molar-refractivity contribution is 0.254. The van der Waals surface area contributed by atoms with Gasteiger partial charge in [0.1, 0.15) is 6.33 Å². The highest BCUT2D eigenvalue weighted by molar-refractivity contribution is 5.99. The second-order valence-electron chi connectivity index (χ2n) is 6.78. The standard InChI is InChI=1S/C22H20FN5O2/c1-14-4-3-5-15(10-14)27-22(29)28-9-8-17-18(28)6-7-19(21(17)23)30-20-11-16(12-24-2)25-13-26-20/h3-11,13,24H,12H2,1-2H3,(H,27,29). The molecule has 4 aromatic rings. The van der Waals surface area contributed by atoms with Crippen molar-refractivity contribution in [3.63, 3.8) is 0 Å². The maximum absolute atomic E-state index is 15.0. The van der Waals surface area contributed by atoms with E-state index in [1.54, 1.807) is 31.3 Å². The van der Waals surface area contributed by atoms with Crippen molar-refractivity contribution >= 4 is 22.6 Å². The average Bonchev–Trinajstić information content (AvgIpc) is 3.16. The van der Waals surface area contributed by atoms with Gasteiger partial charge in [0.25, 0.3) is 0 Å². The summed E-state index contributed by atoms with van der Waals surface area (Å²) in [6.45, 7) is 2.48. The Labute approximate surface area is 172 Å². The van der Waals surface area contributed by atoms with E-state index in [-0.39, 0.29) is 23.0 Å². The molecule has 0 atom stereocenters. The van der Waals surface area contributed by atoms with Gasteiger partial charge in [0.05, 0.1) is 11.2 Å². The molecule has 0 spiro atoms. The van der Waals surface area contributed by atoms with E-state index in [1.165, 1.54) is 23.2 Å². The van der Waals surface area contributed by atoms with Gasteiger partial charge in [-0.2, -0.15) is 0 Å². The Kier molecular flexibility index (Phi) is 5.40. The lowest BCUT2D eigenvalue weighted by atomic mass is 10.2. The number of nitrogens with one attached hydrogen (secondary N) is 2. The van der Waals surface area contributed by atoms with Crippen molar-refractivity contribution in [2.45, 2.75) is 13.5 Å². The van der Waals surface area contributed by atoms with Crippen molar-refractivity contribution in [2.75, 3.05) is 12.4 Å². The number of rotatable bonds is 5. The largest absolute Gasteiger partial charge is 0.436 e. The van der Waals surface area contributed by atoms with E-state index in [9.17, 15) is 4.79 Å². The number of nitrogens with zero attached hydrogens (tertiary/aromatic N) is 3. The molecule has 152 valence electrons. The van der Waals surface area contributed by atoms with E-state index in [0.29, 0.717) is 17.7 Å². The number of fused-ring (bicyclic) bond motifs is 1. The van der Waals surface area contributed by atoms with Gasteiger partial charge in [-0.05, 0) is 49.9 Å². The second-order valence-corrected chi connectivity index (χ2v) is 6.78. The maximum Gasteiger partial charge on any atom is 0.330 e. The van der Waals surface area contributed by atoms with Crippen LogP contribution in [0.15, 0.2) is 61.1 Å². The van der Waals surface area contributed by atoms with Crippen LogP contribution in [0.2, 0.25) is 0 Å². The zero-order chi connectivity index (χ0) is 21.1. The van der Waals surface area contributed by atoms with Crippen molar-refractivity contribution in [2.24, 2.45) is 0 Å². The molecule has 1 amide bonds. The molecule has 0 radical (unpaired) electrons. The van der Waals surface area contributed by atoms with Gasteiger partial charge in [-0.25, -0.2) is 19.2 Å². The Hall–Kier alpha value is -3.78. The summed E-state index contributed by atoms with van der Waals surface area (Å²) in [4.78, 5) is 20.8. The van der Waals surface area contributed by atoms with Gasteiger partial charge in [-0.15, -0.1) is 0 Å². The molecule has 0 saturated heterocycles. The summed E-state index contributed by atoms with van der Waals surface area (Å²) < 4.78 is 22.0. The van der Waals surface area contributed by atoms with Gasteiger partial charge < -0.3 is 15.4 Å². The molecule has 2 aromatic heterocycles. The monoisotopic (exact) mass is 405 g/mol. The molecule has 0 unspecified atom stereocenters. The zero-order valence-electron chi connectivity index (χ0n) is 16.5. The topological polar surface area (TPSA) is 81.1 Å². The fraction of sp³-hybridized carbons (Fsp3) is 0.136. The molecule has 2 heterocycles. The minimum Gasteiger partial charge on any atom is -0.436 e. The molecule has 0 aliphatic rings. The highest BCUT2D eigenvalue weighted by atomic mass is 19.1. The first kappa shape index (κ1) is 19.5. The van der Waals surface area contributed by atoms with Crippen LogP contribution in [0, 0.1) is 12.7 Å². The molecular formula is C22H20FN5O2. The fourth-order valence-electron chi connectivity index (χ4n) is 3.15. The summed E-state index contributed by atoms with van der Waals surface area (Å²) in [5.41, 5.74) is 2.86. The highest BCUT2D eigenvalue weighted by Gasteiger charge is 2.16. The predicted molar refractivity (Wildman–Crippen MR) is 112 cm³/mol. The van der Waals surface area contributed by atoms with Crippen LogP contribution < -0.4 is 15.4 Å². The average molecular weight is 405 g/mol. The Bertz CT molecular complexity index is 1220. The van der Waals surface area contributed by atoms with Crippen LogP contribution in [0.1, 0.15) is 11.3 Å². The number of halogens is 1. The number of hydrogen-bond donors (Lipinski definition) is 2. The molecule has 0 aliphatic heterocycles. The summed E-state index contributed by atoms with van der Waals surface area (Å²) in [5, 5.41) is 6.08. The number of anilines is 1. The van der Waals surface area contributed by atoms with Crippen molar-refractivity contribution in [1.82, 2.24) is 19.9 Å². The summed E-state index contributed by atoms with van der Waals surface area (Å²) in [6, 6.07) is 13.4. The van der Waals surface area contributed by atoms with Gasteiger partial charge in [0.2, 0.25) is 5.88 Å². The number of ether oxygens (including phenoxy) is 1. The van der Waals surface area contributed by atoms with Crippen LogP contribution in [-0.4, -0.2) is 27.6 Å².